The van der Waals surface area contributed by atoms with Crippen LogP contribution in [0.15, 0.2) is 29.6 Å². The van der Waals surface area contributed by atoms with Crippen molar-refractivity contribution >= 4 is 23.2 Å². The van der Waals surface area contributed by atoms with E-state index in [1.54, 1.807) is 19.1 Å². The average molecular weight is 315 g/mol. The van der Waals surface area contributed by atoms with Gasteiger partial charge < -0.3 is 10.4 Å². The van der Waals surface area contributed by atoms with Gasteiger partial charge in [0.15, 0.2) is 0 Å². The first kappa shape index (κ1) is 15.7. The molecule has 0 saturated carbocycles. The fourth-order valence-electron chi connectivity index (χ4n) is 1.92. The Kier molecular flexibility index (Phi) is 4.86. The van der Waals surface area contributed by atoms with E-state index in [-0.39, 0.29) is 12.1 Å². The van der Waals surface area contributed by atoms with E-state index in [9.17, 15) is 9.59 Å². The van der Waals surface area contributed by atoms with Crippen molar-refractivity contribution in [2.24, 2.45) is 0 Å². The minimum atomic E-state index is -0.998. The molecule has 0 saturated heterocycles. The molecule has 0 spiro atoms. The van der Waals surface area contributed by atoms with Crippen molar-refractivity contribution < 1.29 is 14.7 Å². The summed E-state index contributed by atoms with van der Waals surface area (Å²) in [4.78, 5) is 28.0. The lowest BCUT2D eigenvalue weighted by molar-refractivity contribution is -0.137. The normalized spacial score (nSPS) is 11.5. The van der Waals surface area contributed by atoms with Crippen LogP contribution in [0.3, 0.4) is 0 Å². The minimum absolute atomic E-state index is 0.156. The van der Waals surface area contributed by atoms with Crippen molar-refractivity contribution in [2.75, 3.05) is 0 Å². The molecule has 1 amide bonds. The fourth-order valence-corrected chi connectivity index (χ4v) is 2.70. The molecule has 2 aromatic heterocycles. The molecule has 2 N–H and O–H groups in total. The van der Waals surface area contributed by atoms with E-state index >= 15 is 0 Å². The summed E-state index contributed by atoms with van der Waals surface area (Å²) >= 11 is 1.38. The number of carbonyl (C=O) groups excluding carboxylic acids is 1. The van der Waals surface area contributed by atoms with Crippen LogP contribution in [0.2, 0.25) is 0 Å². The third-order valence-electron chi connectivity index (χ3n) is 3.01. The van der Waals surface area contributed by atoms with E-state index in [1.807, 2.05) is 11.4 Å². The molecule has 1 unspecified atom stereocenters. The summed E-state index contributed by atoms with van der Waals surface area (Å²) in [5, 5.41) is 22.3. The minimum Gasteiger partial charge on any atom is -0.481 e. The maximum Gasteiger partial charge on any atom is 0.305 e. The highest BCUT2D eigenvalue weighted by Crippen LogP contribution is 2.22. The first-order valence-electron chi connectivity index (χ1n) is 6.45. The smallest absolute Gasteiger partial charge is 0.305 e. The number of nitriles is 1. The molecule has 2 aromatic rings. The summed E-state index contributed by atoms with van der Waals surface area (Å²) in [5.41, 5.74) is 1.02. The lowest BCUT2D eigenvalue weighted by atomic mass is 10.1. The number of amides is 1. The summed E-state index contributed by atoms with van der Waals surface area (Å²) < 4.78 is 0. The number of carboxylic acids is 1. The lowest BCUT2D eigenvalue weighted by Gasteiger charge is -2.15. The van der Waals surface area contributed by atoms with Crippen molar-refractivity contribution in [3.63, 3.8) is 0 Å². The van der Waals surface area contributed by atoms with Gasteiger partial charge in [0.25, 0.3) is 5.91 Å². The van der Waals surface area contributed by atoms with Gasteiger partial charge in [0.1, 0.15) is 11.8 Å². The highest BCUT2D eigenvalue weighted by Gasteiger charge is 2.20. The first-order valence-corrected chi connectivity index (χ1v) is 7.33. The Bertz CT molecular complexity index is 735. The second kappa shape index (κ2) is 6.83. The van der Waals surface area contributed by atoms with E-state index < -0.39 is 17.9 Å². The number of thiophene rings is 1. The molecule has 2 rings (SSSR count). The fraction of sp³-hybridized carbons (Fsp3) is 0.200. The Labute approximate surface area is 131 Å². The number of hydrogen-bond donors (Lipinski definition) is 2. The summed E-state index contributed by atoms with van der Waals surface area (Å²) in [6.45, 7) is 1.64. The van der Waals surface area contributed by atoms with Gasteiger partial charge in [-0.25, -0.2) is 4.98 Å². The molecule has 2 heterocycles. The molecule has 0 aliphatic carbocycles. The molecule has 0 aliphatic rings. The van der Waals surface area contributed by atoms with Crippen molar-refractivity contribution in [3.05, 3.63) is 51.5 Å². The van der Waals surface area contributed by atoms with Crippen molar-refractivity contribution in [2.45, 2.75) is 19.4 Å². The Morgan fingerprint density at radius 2 is 2.23 bits per heavy atom. The van der Waals surface area contributed by atoms with E-state index in [4.69, 9.17) is 10.4 Å². The van der Waals surface area contributed by atoms with Gasteiger partial charge in [0.05, 0.1) is 23.7 Å². The van der Waals surface area contributed by atoms with Crippen LogP contribution in [-0.4, -0.2) is 22.0 Å². The summed E-state index contributed by atoms with van der Waals surface area (Å²) in [7, 11) is 0. The van der Waals surface area contributed by atoms with Crippen molar-refractivity contribution in [1.82, 2.24) is 10.3 Å². The first-order chi connectivity index (χ1) is 10.5. The molecular weight excluding hydrogens is 302 g/mol. The van der Waals surface area contributed by atoms with E-state index in [0.717, 1.165) is 4.88 Å². The van der Waals surface area contributed by atoms with E-state index in [1.165, 1.54) is 23.5 Å². The highest BCUT2D eigenvalue weighted by atomic mass is 32.1. The lowest BCUT2D eigenvalue weighted by Crippen LogP contribution is -2.30. The Morgan fingerprint density at radius 3 is 2.77 bits per heavy atom. The third kappa shape index (κ3) is 3.68. The quantitative estimate of drug-likeness (QED) is 0.881. The van der Waals surface area contributed by atoms with Crippen LogP contribution in [0, 0.1) is 18.3 Å². The number of rotatable bonds is 5. The SMILES string of the molecule is Cc1nc(C(=O)NC(CC(=O)O)c2cccs2)ccc1C#N. The van der Waals surface area contributed by atoms with Crippen LogP contribution in [0.5, 0.6) is 0 Å². The predicted octanol–water partition coefficient (Wildman–Crippen LogP) is 2.27. The second-order valence-corrected chi connectivity index (χ2v) is 5.56. The number of aryl methyl sites for hydroxylation is 1. The van der Waals surface area contributed by atoms with Crippen LogP contribution in [0.25, 0.3) is 0 Å². The largest absolute Gasteiger partial charge is 0.481 e. The second-order valence-electron chi connectivity index (χ2n) is 4.58. The third-order valence-corrected chi connectivity index (χ3v) is 4.00. The molecule has 0 radical (unpaired) electrons. The number of carboxylic acid groups (broad SMARTS) is 1. The number of aliphatic carboxylic acids is 1. The summed E-state index contributed by atoms with van der Waals surface area (Å²) in [5.74, 6) is -1.46. The van der Waals surface area contributed by atoms with Crippen molar-refractivity contribution in [1.29, 1.82) is 5.26 Å². The molecular formula is C15H13N3O3S. The molecule has 1 atom stereocenters. The summed E-state index contributed by atoms with van der Waals surface area (Å²) in [6.07, 6.45) is -0.207. The topological polar surface area (TPSA) is 103 Å². The van der Waals surface area contributed by atoms with Crippen LogP contribution in [0.4, 0.5) is 0 Å². The number of aromatic nitrogens is 1. The van der Waals surface area contributed by atoms with Crippen LogP contribution in [0.1, 0.15) is 39.1 Å². The van der Waals surface area contributed by atoms with Gasteiger partial charge in [0.2, 0.25) is 0 Å². The molecule has 0 fully saturated rings. The van der Waals surface area contributed by atoms with Gasteiger partial charge in [-0.1, -0.05) is 6.07 Å². The molecule has 7 heteroatoms. The molecule has 112 valence electrons. The van der Waals surface area contributed by atoms with Gasteiger partial charge in [-0.3, -0.25) is 9.59 Å². The van der Waals surface area contributed by atoms with E-state index in [0.29, 0.717) is 11.3 Å². The Morgan fingerprint density at radius 1 is 1.45 bits per heavy atom. The zero-order valence-electron chi connectivity index (χ0n) is 11.7. The molecule has 6 nitrogen and oxygen atoms in total. The van der Waals surface area contributed by atoms with Gasteiger partial charge in [0, 0.05) is 4.88 Å². The van der Waals surface area contributed by atoms with Gasteiger partial charge in [-0.05, 0) is 30.5 Å². The number of pyridine rings is 1. The van der Waals surface area contributed by atoms with E-state index in [2.05, 4.69) is 10.3 Å². The standard InChI is InChI=1S/C15H13N3O3S/c1-9-10(8-16)4-5-11(17-9)15(21)18-12(7-14(19)20)13-3-2-6-22-13/h2-6,12H,7H2,1H3,(H,18,21)(H,19,20). The Hall–Kier alpha value is -2.72. The number of carbonyl (C=O) groups is 2. The van der Waals surface area contributed by atoms with Gasteiger partial charge in [-0.2, -0.15) is 5.26 Å². The van der Waals surface area contributed by atoms with Crippen LogP contribution < -0.4 is 5.32 Å². The van der Waals surface area contributed by atoms with Crippen LogP contribution in [-0.2, 0) is 4.79 Å². The van der Waals surface area contributed by atoms with Gasteiger partial charge >= 0.3 is 5.97 Å². The number of nitrogens with one attached hydrogen (secondary N) is 1. The van der Waals surface area contributed by atoms with Gasteiger partial charge in [-0.15, -0.1) is 11.3 Å². The maximum absolute atomic E-state index is 12.2. The zero-order valence-corrected chi connectivity index (χ0v) is 12.6. The average Bonchev–Trinajstić information content (AvgIpc) is 3.00. The number of hydrogen-bond acceptors (Lipinski definition) is 5. The molecule has 22 heavy (non-hydrogen) atoms. The molecule has 0 aromatic carbocycles. The maximum atomic E-state index is 12.2. The molecule has 0 bridgehead atoms. The highest BCUT2D eigenvalue weighted by molar-refractivity contribution is 7.10. The number of nitrogens with zero attached hydrogens (tertiary/aromatic N) is 2. The Balaban J connectivity index is 2.19. The summed E-state index contributed by atoms with van der Waals surface area (Å²) in [6, 6.07) is 7.92. The van der Waals surface area contributed by atoms with Crippen molar-refractivity contribution in [3.8, 4) is 6.07 Å². The predicted molar refractivity (Wildman–Crippen MR) is 80.5 cm³/mol. The zero-order chi connectivity index (χ0) is 16.1. The monoisotopic (exact) mass is 315 g/mol. The van der Waals surface area contributed by atoms with Crippen LogP contribution >= 0.6 is 11.3 Å². The molecule has 0 aliphatic heterocycles.